The van der Waals surface area contributed by atoms with Gasteiger partial charge in [0.05, 0.1) is 11.7 Å². The van der Waals surface area contributed by atoms with Gasteiger partial charge < -0.3 is 0 Å². The molecule has 0 spiro atoms. The van der Waals surface area contributed by atoms with E-state index in [9.17, 15) is 0 Å². The molecule has 9 rings (SSSR count). The Kier molecular flexibility index (Phi) is 3.11. The maximum absolute atomic E-state index is 5.13. The minimum atomic E-state index is 0.876. The van der Waals surface area contributed by atoms with Crippen molar-refractivity contribution in [3.05, 3.63) is 108 Å². The minimum Gasteiger partial charge on any atom is -0.274 e. The quantitative estimate of drug-likeness (QED) is 0.243. The number of benzene rings is 3. The van der Waals surface area contributed by atoms with Crippen molar-refractivity contribution in [2.45, 2.75) is 12.8 Å². The summed E-state index contributed by atoms with van der Waals surface area (Å²) < 4.78 is 2.20. The fourth-order valence-corrected chi connectivity index (χ4v) is 6.57. The molecule has 2 aliphatic carbocycles. The van der Waals surface area contributed by atoms with E-state index < -0.39 is 0 Å². The van der Waals surface area contributed by atoms with Gasteiger partial charge in [0.15, 0.2) is 5.65 Å². The van der Waals surface area contributed by atoms with Crippen LogP contribution in [0, 0.1) is 0 Å². The molecule has 4 nitrogen and oxygen atoms in total. The normalized spacial score (nSPS) is 13.5. The Morgan fingerprint density at radius 2 is 1.57 bits per heavy atom. The smallest absolute Gasteiger partial charge is 0.165 e. The number of hydrogen-bond acceptors (Lipinski definition) is 3. The molecular formula is C31H18N4. The van der Waals surface area contributed by atoms with Crippen LogP contribution in [-0.2, 0) is 12.8 Å². The average molecular weight is 447 g/mol. The van der Waals surface area contributed by atoms with Crippen LogP contribution in [0.25, 0.3) is 60.7 Å². The molecule has 162 valence electrons. The van der Waals surface area contributed by atoms with Crippen LogP contribution in [0.1, 0.15) is 22.3 Å². The second-order valence-electron chi connectivity index (χ2n) is 9.67. The van der Waals surface area contributed by atoms with Crippen molar-refractivity contribution in [2.24, 2.45) is 0 Å². The summed E-state index contributed by atoms with van der Waals surface area (Å²) in [7, 11) is 0. The molecule has 0 radical (unpaired) electrons. The molecule has 0 unspecified atom stereocenters. The van der Waals surface area contributed by atoms with Gasteiger partial charge in [-0.15, -0.1) is 0 Å². The molecule has 0 bridgehead atoms. The molecule has 0 atom stereocenters. The van der Waals surface area contributed by atoms with E-state index in [4.69, 9.17) is 9.97 Å². The summed E-state index contributed by atoms with van der Waals surface area (Å²) in [5.41, 5.74) is 15.0. The summed E-state index contributed by atoms with van der Waals surface area (Å²) in [6.07, 6.45) is 7.63. The lowest BCUT2D eigenvalue weighted by molar-refractivity contribution is 1.22. The van der Waals surface area contributed by atoms with E-state index in [0.29, 0.717) is 0 Å². The lowest BCUT2D eigenvalue weighted by Gasteiger charge is -2.13. The topological polar surface area (TPSA) is 43.1 Å². The van der Waals surface area contributed by atoms with Gasteiger partial charge in [0.25, 0.3) is 0 Å². The Morgan fingerprint density at radius 3 is 2.57 bits per heavy atom. The Hall–Kier alpha value is -4.57. The molecule has 0 fully saturated rings. The molecule has 0 N–H and O–H groups in total. The van der Waals surface area contributed by atoms with Crippen LogP contribution < -0.4 is 0 Å². The number of rotatable bonds is 0. The van der Waals surface area contributed by atoms with E-state index in [1.807, 2.05) is 30.7 Å². The molecule has 0 saturated carbocycles. The van der Waals surface area contributed by atoms with Crippen LogP contribution in [0.4, 0.5) is 0 Å². The van der Waals surface area contributed by atoms with E-state index >= 15 is 0 Å². The Bertz CT molecular complexity index is 2070. The fraction of sp³-hybridized carbons (Fsp3) is 0.0645. The van der Waals surface area contributed by atoms with Crippen molar-refractivity contribution < 1.29 is 0 Å². The van der Waals surface area contributed by atoms with E-state index in [2.05, 4.69) is 64.0 Å². The van der Waals surface area contributed by atoms with Gasteiger partial charge in [0.1, 0.15) is 11.2 Å². The Labute approximate surface area is 200 Å². The molecule has 7 aromatic rings. The third-order valence-corrected chi connectivity index (χ3v) is 7.97. The predicted molar refractivity (Wildman–Crippen MR) is 140 cm³/mol. The summed E-state index contributed by atoms with van der Waals surface area (Å²) in [5.74, 6) is 0. The fourth-order valence-electron chi connectivity index (χ4n) is 6.57. The highest BCUT2D eigenvalue weighted by Gasteiger charge is 2.30. The van der Waals surface area contributed by atoms with Gasteiger partial charge in [-0.05, 0) is 80.9 Å². The van der Waals surface area contributed by atoms with Crippen LogP contribution in [0.5, 0.6) is 0 Å². The van der Waals surface area contributed by atoms with Gasteiger partial charge >= 0.3 is 0 Å². The van der Waals surface area contributed by atoms with Gasteiger partial charge in [-0.25, -0.2) is 9.97 Å². The minimum absolute atomic E-state index is 0.876. The van der Waals surface area contributed by atoms with Crippen molar-refractivity contribution in [3.8, 4) is 22.3 Å². The molecule has 3 aromatic carbocycles. The molecule has 0 aliphatic heterocycles. The first-order valence-corrected chi connectivity index (χ1v) is 12.0. The molecule has 35 heavy (non-hydrogen) atoms. The highest BCUT2D eigenvalue weighted by Crippen LogP contribution is 2.50. The number of hydrogen-bond donors (Lipinski definition) is 0. The first-order chi connectivity index (χ1) is 17.4. The van der Waals surface area contributed by atoms with E-state index in [0.717, 1.165) is 35.2 Å². The van der Waals surface area contributed by atoms with Gasteiger partial charge in [-0.3, -0.25) is 9.38 Å². The third-order valence-electron chi connectivity index (χ3n) is 7.97. The van der Waals surface area contributed by atoms with Crippen LogP contribution in [-0.4, -0.2) is 19.4 Å². The first-order valence-electron chi connectivity index (χ1n) is 12.0. The number of aromatic nitrogens is 4. The molecule has 2 aliphatic rings. The molecule has 4 heteroatoms. The number of pyridine rings is 3. The predicted octanol–water partition coefficient (Wildman–Crippen LogP) is 6.73. The summed E-state index contributed by atoms with van der Waals surface area (Å²) in [6, 6.07) is 24.3. The van der Waals surface area contributed by atoms with Crippen LogP contribution >= 0.6 is 0 Å². The van der Waals surface area contributed by atoms with Crippen molar-refractivity contribution in [1.29, 1.82) is 0 Å². The molecule has 0 amide bonds. The molecule has 4 aromatic heterocycles. The van der Waals surface area contributed by atoms with Crippen molar-refractivity contribution >= 4 is 38.5 Å². The summed E-state index contributed by atoms with van der Waals surface area (Å²) in [6.45, 7) is 0. The van der Waals surface area contributed by atoms with Gasteiger partial charge in [0.2, 0.25) is 0 Å². The zero-order valence-electron chi connectivity index (χ0n) is 18.8. The van der Waals surface area contributed by atoms with Crippen LogP contribution in [0.3, 0.4) is 0 Å². The lowest BCUT2D eigenvalue weighted by atomic mass is 9.93. The van der Waals surface area contributed by atoms with Crippen molar-refractivity contribution in [2.75, 3.05) is 0 Å². The number of imidazole rings is 1. The second kappa shape index (κ2) is 6.10. The Morgan fingerprint density at radius 1 is 0.657 bits per heavy atom. The third kappa shape index (κ3) is 2.11. The van der Waals surface area contributed by atoms with Gasteiger partial charge in [0, 0.05) is 23.2 Å². The van der Waals surface area contributed by atoms with E-state index in [1.54, 1.807) is 0 Å². The SMILES string of the molecule is c1ccc2c(c1)Cc1ccc3c(c1-2)Cc1ccc2c4ccncc4n4c5ncccc5nc4c2c1-3. The van der Waals surface area contributed by atoms with Crippen molar-refractivity contribution in [3.63, 3.8) is 0 Å². The van der Waals surface area contributed by atoms with Crippen LogP contribution in [0.2, 0.25) is 0 Å². The number of nitrogens with zero attached hydrogens (tertiary/aromatic N) is 4. The summed E-state index contributed by atoms with van der Waals surface area (Å²) >= 11 is 0. The summed E-state index contributed by atoms with van der Waals surface area (Å²) in [4.78, 5) is 14.3. The van der Waals surface area contributed by atoms with Crippen LogP contribution in [0.15, 0.2) is 85.3 Å². The van der Waals surface area contributed by atoms with E-state index in [-0.39, 0.29) is 0 Å². The maximum atomic E-state index is 5.13. The lowest BCUT2D eigenvalue weighted by Crippen LogP contribution is -1.95. The highest BCUT2D eigenvalue weighted by atomic mass is 15.1. The number of fused-ring (bicyclic) bond motifs is 16. The van der Waals surface area contributed by atoms with Gasteiger partial charge in [-0.1, -0.05) is 48.5 Å². The average Bonchev–Trinajstić information content (AvgIpc) is 3.59. The zero-order chi connectivity index (χ0) is 22.7. The molecule has 0 saturated heterocycles. The summed E-state index contributed by atoms with van der Waals surface area (Å²) in [5, 5.41) is 3.61. The molecular weight excluding hydrogens is 428 g/mol. The molecule has 4 heterocycles. The highest BCUT2D eigenvalue weighted by molar-refractivity contribution is 6.19. The second-order valence-corrected chi connectivity index (χ2v) is 9.67. The monoisotopic (exact) mass is 446 g/mol. The zero-order valence-corrected chi connectivity index (χ0v) is 18.8. The largest absolute Gasteiger partial charge is 0.274 e. The Balaban J connectivity index is 1.48. The first kappa shape index (κ1) is 17.8. The standard InChI is InChI=1S/C31H18N4/c1-2-5-20-17(4-1)14-18-7-10-23-24(27(18)20)15-19-8-9-22-21-11-13-32-16-26(21)35-30-25(6-3-12-33-30)34-31(35)29(22)28(19)23/h1-13,16H,14-15H2. The van der Waals surface area contributed by atoms with E-state index in [1.165, 1.54) is 60.7 Å². The maximum Gasteiger partial charge on any atom is 0.165 e. The van der Waals surface area contributed by atoms with Crippen molar-refractivity contribution in [1.82, 2.24) is 19.4 Å². The van der Waals surface area contributed by atoms with Gasteiger partial charge in [-0.2, -0.15) is 0 Å².